The molecule has 1 fully saturated rings. The third-order valence-corrected chi connectivity index (χ3v) is 5.77. The Labute approximate surface area is 190 Å². The summed E-state index contributed by atoms with van der Waals surface area (Å²) < 4.78 is 0. The summed E-state index contributed by atoms with van der Waals surface area (Å²) in [4.78, 5) is 25.6. The minimum atomic E-state index is -0.199. The van der Waals surface area contributed by atoms with Crippen LogP contribution < -0.4 is 26.6 Å². The molecule has 164 valence electrons. The average molecular weight is 451 g/mol. The summed E-state index contributed by atoms with van der Waals surface area (Å²) in [5, 5.41) is 16.1. The van der Waals surface area contributed by atoms with Crippen LogP contribution in [0.2, 0.25) is 5.02 Å². The van der Waals surface area contributed by atoms with E-state index in [-0.39, 0.29) is 12.1 Å². The molecule has 5 N–H and O–H groups in total. The molecule has 10 heteroatoms. The van der Waals surface area contributed by atoms with E-state index in [1.165, 1.54) is 0 Å². The van der Waals surface area contributed by atoms with Gasteiger partial charge in [0.25, 0.3) is 0 Å². The number of hydrogen-bond donors (Lipinski definition) is 5. The zero-order valence-electron chi connectivity index (χ0n) is 17.3. The number of nitrogens with one attached hydrogen (secondary N) is 5. The van der Waals surface area contributed by atoms with Crippen LogP contribution in [-0.4, -0.2) is 40.1 Å². The number of aryl methyl sites for hydroxylation is 2. The highest BCUT2D eigenvalue weighted by Crippen LogP contribution is 2.29. The SMILES string of the molecule is O=C(Nc1ccc2cc1CCc1cncc(c1)Nc1ncc(Cl)c(n1)N2)NC1CCNC1. The number of fused-ring (bicyclic) bond motifs is 6. The maximum atomic E-state index is 12.5. The smallest absolute Gasteiger partial charge is 0.319 e. The summed E-state index contributed by atoms with van der Waals surface area (Å²) in [5.74, 6) is 0.914. The van der Waals surface area contributed by atoms with Crippen LogP contribution in [-0.2, 0) is 12.8 Å². The van der Waals surface area contributed by atoms with Crippen LogP contribution in [0.3, 0.4) is 0 Å². The normalized spacial score (nSPS) is 17.1. The topological polar surface area (TPSA) is 116 Å². The molecule has 0 aliphatic carbocycles. The van der Waals surface area contributed by atoms with Crippen molar-refractivity contribution in [1.82, 2.24) is 25.6 Å². The summed E-state index contributed by atoms with van der Waals surface area (Å²) in [7, 11) is 0. The molecule has 6 bridgehead atoms. The number of benzene rings is 1. The van der Waals surface area contributed by atoms with E-state index in [0.717, 1.165) is 60.5 Å². The number of carbonyl (C=O) groups is 1. The summed E-state index contributed by atoms with van der Waals surface area (Å²) in [6.45, 7) is 1.72. The van der Waals surface area contributed by atoms with Gasteiger partial charge < -0.3 is 26.6 Å². The highest BCUT2D eigenvalue weighted by atomic mass is 35.5. The Hall–Kier alpha value is -3.43. The number of rotatable bonds is 2. The third kappa shape index (κ3) is 4.74. The van der Waals surface area contributed by atoms with E-state index in [1.54, 1.807) is 12.4 Å². The predicted octanol–water partition coefficient (Wildman–Crippen LogP) is 3.59. The lowest BCUT2D eigenvalue weighted by Gasteiger charge is -2.16. The molecule has 2 aliphatic heterocycles. The van der Waals surface area contributed by atoms with Crippen molar-refractivity contribution in [2.45, 2.75) is 25.3 Å². The molecule has 0 spiro atoms. The number of amides is 2. The summed E-state index contributed by atoms with van der Waals surface area (Å²) in [6.07, 6.45) is 7.53. The van der Waals surface area contributed by atoms with E-state index in [9.17, 15) is 4.79 Å². The van der Waals surface area contributed by atoms with Gasteiger partial charge in [-0.3, -0.25) is 4.98 Å². The lowest BCUT2D eigenvalue weighted by Crippen LogP contribution is -2.39. The van der Waals surface area contributed by atoms with E-state index in [0.29, 0.717) is 16.8 Å². The van der Waals surface area contributed by atoms with Gasteiger partial charge in [0, 0.05) is 30.2 Å². The number of pyridine rings is 1. The van der Waals surface area contributed by atoms with Gasteiger partial charge in [0.2, 0.25) is 5.95 Å². The van der Waals surface area contributed by atoms with Gasteiger partial charge in [0.1, 0.15) is 5.02 Å². The Balaban J connectivity index is 1.46. The number of halogens is 1. The third-order valence-electron chi connectivity index (χ3n) is 5.49. The first-order chi connectivity index (χ1) is 15.6. The molecule has 1 unspecified atom stereocenters. The van der Waals surface area contributed by atoms with Crippen LogP contribution in [0, 0.1) is 0 Å². The van der Waals surface area contributed by atoms with E-state index in [2.05, 4.69) is 41.5 Å². The Morgan fingerprint density at radius 3 is 2.91 bits per heavy atom. The summed E-state index contributed by atoms with van der Waals surface area (Å²) >= 11 is 6.32. The molecular formula is C22H23ClN8O. The zero-order chi connectivity index (χ0) is 21.9. The molecular weight excluding hydrogens is 428 g/mol. The van der Waals surface area contributed by atoms with Gasteiger partial charge in [0.15, 0.2) is 5.82 Å². The van der Waals surface area contributed by atoms with Gasteiger partial charge in [-0.25, -0.2) is 9.78 Å². The molecule has 0 saturated carbocycles. The number of aromatic nitrogens is 3. The second-order valence-corrected chi connectivity index (χ2v) is 8.29. The van der Waals surface area contributed by atoms with Crippen molar-refractivity contribution in [1.29, 1.82) is 0 Å². The maximum Gasteiger partial charge on any atom is 0.319 e. The molecule has 2 aliphatic rings. The van der Waals surface area contributed by atoms with E-state index >= 15 is 0 Å². The molecule has 32 heavy (non-hydrogen) atoms. The van der Waals surface area contributed by atoms with Crippen molar-refractivity contribution >= 4 is 46.5 Å². The van der Waals surface area contributed by atoms with Crippen molar-refractivity contribution in [2.75, 3.05) is 29.0 Å². The first-order valence-electron chi connectivity index (χ1n) is 10.5. The maximum absolute atomic E-state index is 12.5. The predicted molar refractivity (Wildman–Crippen MR) is 125 cm³/mol. The Kier molecular flexibility index (Phi) is 5.74. The average Bonchev–Trinajstić information content (AvgIpc) is 3.29. The highest BCUT2D eigenvalue weighted by molar-refractivity contribution is 6.32. The number of nitrogens with zero attached hydrogens (tertiary/aromatic N) is 3. The summed E-state index contributed by atoms with van der Waals surface area (Å²) in [6, 6.07) is 7.77. The van der Waals surface area contributed by atoms with Gasteiger partial charge in [0.05, 0.1) is 18.1 Å². The van der Waals surface area contributed by atoms with Gasteiger partial charge in [-0.2, -0.15) is 4.98 Å². The quantitative estimate of drug-likeness (QED) is 0.405. The number of carbonyl (C=O) groups excluding carboxylic acids is 1. The fourth-order valence-electron chi connectivity index (χ4n) is 3.87. The second-order valence-electron chi connectivity index (χ2n) is 7.88. The first kappa shape index (κ1) is 20.5. The molecule has 1 atom stereocenters. The lowest BCUT2D eigenvalue weighted by atomic mass is 10.0. The van der Waals surface area contributed by atoms with Crippen molar-refractivity contribution in [3.05, 3.63) is 59.0 Å². The zero-order valence-corrected chi connectivity index (χ0v) is 18.0. The monoisotopic (exact) mass is 450 g/mol. The number of anilines is 5. The molecule has 9 nitrogen and oxygen atoms in total. The lowest BCUT2D eigenvalue weighted by molar-refractivity contribution is 0.249. The van der Waals surface area contributed by atoms with Crippen LogP contribution in [0.15, 0.2) is 42.9 Å². The van der Waals surface area contributed by atoms with Gasteiger partial charge in [-0.15, -0.1) is 0 Å². The van der Waals surface area contributed by atoms with Crippen molar-refractivity contribution in [2.24, 2.45) is 0 Å². The minimum absolute atomic E-state index is 0.149. The van der Waals surface area contributed by atoms with Crippen molar-refractivity contribution in [3.63, 3.8) is 0 Å². The summed E-state index contributed by atoms with van der Waals surface area (Å²) in [5.41, 5.74) is 4.45. The van der Waals surface area contributed by atoms with E-state index in [4.69, 9.17) is 11.6 Å². The van der Waals surface area contributed by atoms with Gasteiger partial charge >= 0.3 is 6.03 Å². The molecule has 1 aromatic carbocycles. The molecule has 2 aromatic heterocycles. The standard InChI is InChI=1S/C22H23ClN8O/c23-18-12-26-21-28-17-7-13(9-25-11-17)1-2-14-8-15(27-20(18)31-21)3-4-19(14)30-22(32)29-16-5-6-24-10-16/h3-4,7-9,11-12,16,24H,1-2,5-6,10H2,(H2,29,30,32)(H2,26,27,28,31). The molecule has 4 heterocycles. The molecule has 2 amide bonds. The van der Waals surface area contributed by atoms with E-state index in [1.807, 2.05) is 30.5 Å². The fraction of sp³-hybridized carbons (Fsp3) is 0.273. The fourth-order valence-corrected chi connectivity index (χ4v) is 4.01. The van der Waals surface area contributed by atoms with E-state index < -0.39 is 0 Å². The number of urea groups is 1. The van der Waals surface area contributed by atoms with Crippen LogP contribution in [0.5, 0.6) is 0 Å². The van der Waals surface area contributed by atoms with Crippen molar-refractivity contribution < 1.29 is 4.79 Å². The van der Waals surface area contributed by atoms with Gasteiger partial charge in [-0.1, -0.05) is 11.6 Å². The molecule has 3 aromatic rings. The minimum Gasteiger partial charge on any atom is -0.339 e. The van der Waals surface area contributed by atoms with Crippen LogP contribution in [0.4, 0.5) is 33.6 Å². The van der Waals surface area contributed by atoms with Crippen molar-refractivity contribution in [3.8, 4) is 0 Å². The first-order valence-corrected chi connectivity index (χ1v) is 10.9. The molecule has 1 saturated heterocycles. The van der Waals surface area contributed by atoms with Crippen LogP contribution in [0.1, 0.15) is 17.5 Å². The Morgan fingerprint density at radius 1 is 1.09 bits per heavy atom. The second kappa shape index (κ2) is 8.97. The van der Waals surface area contributed by atoms with Crippen LogP contribution in [0.25, 0.3) is 0 Å². The molecule has 0 radical (unpaired) electrons. The van der Waals surface area contributed by atoms with Gasteiger partial charge in [-0.05, 0) is 61.2 Å². The number of hydrogen-bond acceptors (Lipinski definition) is 7. The molecule has 5 rings (SSSR count). The largest absolute Gasteiger partial charge is 0.339 e. The Bertz CT molecular complexity index is 1150. The van der Waals surface area contributed by atoms with Crippen LogP contribution >= 0.6 is 11.6 Å². The highest BCUT2D eigenvalue weighted by Gasteiger charge is 2.18. The Morgan fingerprint density at radius 2 is 2.03 bits per heavy atom.